The third kappa shape index (κ3) is 10.6. The molecule has 8 heteroatoms. The third-order valence-electron chi connectivity index (χ3n) is 4.15. The number of aryl methyl sites for hydroxylation is 1. The standard InChI is InChI=1S/C20H26O8.2C2H6/c1-5-15-6-8-16(9-7-15)27-19-10-17(25-13(3)22)20(26-14(4)23)18(28-19)11-24-12(2)21;2*1-2/h6-9,17-20H,5,10-11H2,1-4H3;2*1-2H3. The van der Waals surface area contributed by atoms with Crippen LogP contribution in [-0.4, -0.2) is 49.1 Å². The van der Waals surface area contributed by atoms with E-state index in [9.17, 15) is 14.4 Å². The number of hydrogen-bond acceptors (Lipinski definition) is 8. The molecule has 1 saturated heterocycles. The second-order valence-electron chi connectivity index (χ2n) is 6.48. The smallest absolute Gasteiger partial charge is 0.303 e. The topological polar surface area (TPSA) is 97.4 Å². The minimum absolute atomic E-state index is 0.156. The zero-order valence-electron chi connectivity index (χ0n) is 20.5. The maximum absolute atomic E-state index is 11.5. The Bertz CT molecular complexity index is 686. The number of benzene rings is 1. The van der Waals surface area contributed by atoms with Crippen LogP contribution in [0.15, 0.2) is 24.3 Å². The van der Waals surface area contributed by atoms with Gasteiger partial charge in [0.15, 0.2) is 6.10 Å². The summed E-state index contributed by atoms with van der Waals surface area (Å²) >= 11 is 0. The minimum atomic E-state index is -0.914. The van der Waals surface area contributed by atoms with Crippen molar-refractivity contribution >= 4 is 17.9 Å². The van der Waals surface area contributed by atoms with Gasteiger partial charge >= 0.3 is 17.9 Å². The number of ether oxygens (including phenoxy) is 5. The van der Waals surface area contributed by atoms with Crippen LogP contribution in [0.1, 0.15) is 67.4 Å². The van der Waals surface area contributed by atoms with Gasteiger partial charge in [0, 0.05) is 20.8 Å². The van der Waals surface area contributed by atoms with Crippen LogP contribution in [0.5, 0.6) is 5.75 Å². The maximum atomic E-state index is 11.5. The van der Waals surface area contributed by atoms with E-state index >= 15 is 0 Å². The first kappa shape index (κ1) is 29.4. The number of rotatable bonds is 7. The third-order valence-corrected chi connectivity index (χ3v) is 4.15. The molecule has 1 aromatic carbocycles. The fourth-order valence-corrected chi connectivity index (χ4v) is 2.93. The molecule has 0 radical (unpaired) electrons. The minimum Gasteiger partial charge on any atom is -0.465 e. The van der Waals surface area contributed by atoms with Gasteiger partial charge in [-0.15, -0.1) is 0 Å². The first-order valence-electron chi connectivity index (χ1n) is 11.2. The van der Waals surface area contributed by atoms with Gasteiger partial charge in [-0.3, -0.25) is 14.4 Å². The molecule has 2 rings (SSSR count). The van der Waals surface area contributed by atoms with Gasteiger partial charge in [-0.25, -0.2) is 0 Å². The maximum Gasteiger partial charge on any atom is 0.303 e. The van der Waals surface area contributed by atoms with E-state index in [1.807, 2.05) is 52.0 Å². The summed E-state index contributed by atoms with van der Waals surface area (Å²) in [6, 6.07) is 7.53. The molecule has 4 unspecified atom stereocenters. The lowest BCUT2D eigenvalue weighted by molar-refractivity contribution is -0.245. The highest BCUT2D eigenvalue weighted by Crippen LogP contribution is 2.28. The van der Waals surface area contributed by atoms with Crippen molar-refractivity contribution in [1.29, 1.82) is 0 Å². The van der Waals surface area contributed by atoms with Gasteiger partial charge in [0.1, 0.15) is 24.6 Å². The number of hydrogen-bond donors (Lipinski definition) is 0. The predicted octanol–water partition coefficient (Wildman–Crippen LogP) is 4.22. The summed E-state index contributed by atoms with van der Waals surface area (Å²) < 4.78 is 27.4. The normalized spacial score (nSPS) is 21.5. The van der Waals surface area contributed by atoms with E-state index in [1.165, 1.54) is 20.8 Å². The van der Waals surface area contributed by atoms with Crippen molar-refractivity contribution in [3.63, 3.8) is 0 Å². The van der Waals surface area contributed by atoms with Gasteiger partial charge in [0.05, 0.1) is 6.42 Å². The van der Waals surface area contributed by atoms with Crippen molar-refractivity contribution in [3.8, 4) is 5.75 Å². The fraction of sp³-hybridized carbons (Fsp3) is 0.625. The highest BCUT2D eigenvalue weighted by atomic mass is 16.7. The second kappa shape index (κ2) is 16.1. The van der Waals surface area contributed by atoms with E-state index < -0.39 is 42.5 Å². The highest BCUT2D eigenvalue weighted by Gasteiger charge is 2.44. The second-order valence-corrected chi connectivity index (χ2v) is 6.48. The Morgan fingerprint density at radius 3 is 1.94 bits per heavy atom. The van der Waals surface area contributed by atoms with E-state index in [0.29, 0.717) is 5.75 Å². The SMILES string of the molecule is CC.CC.CCc1ccc(OC2CC(OC(C)=O)C(OC(C)=O)C(COC(C)=O)O2)cc1. The molecule has 1 aromatic rings. The van der Waals surface area contributed by atoms with Crippen LogP contribution in [0, 0.1) is 0 Å². The summed E-state index contributed by atoms with van der Waals surface area (Å²) in [5, 5.41) is 0. The van der Waals surface area contributed by atoms with Crippen LogP contribution in [0.25, 0.3) is 0 Å². The Balaban J connectivity index is 0.00000227. The summed E-state index contributed by atoms with van der Waals surface area (Å²) in [5.41, 5.74) is 1.16. The Morgan fingerprint density at radius 1 is 0.906 bits per heavy atom. The molecule has 0 saturated carbocycles. The molecular weight excluding hydrogens is 416 g/mol. The largest absolute Gasteiger partial charge is 0.465 e. The van der Waals surface area contributed by atoms with E-state index in [1.54, 1.807) is 0 Å². The Morgan fingerprint density at radius 2 is 1.47 bits per heavy atom. The Labute approximate surface area is 191 Å². The summed E-state index contributed by atoms with van der Waals surface area (Å²) in [6.45, 7) is 13.7. The quantitative estimate of drug-likeness (QED) is 0.446. The average molecular weight is 455 g/mol. The van der Waals surface area contributed by atoms with E-state index in [0.717, 1.165) is 12.0 Å². The van der Waals surface area contributed by atoms with Crippen molar-refractivity contribution in [1.82, 2.24) is 0 Å². The highest BCUT2D eigenvalue weighted by molar-refractivity contribution is 5.67. The molecule has 32 heavy (non-hydrogen) atoms. The molecule has 0 N–H and O–H groups in total. The lowest BCUT2D eigenvalue weighted by Crippen LogP contribution is -2.54. The van der Waals surface area contributed by atoms with Crippen molar-refractivity contribution in [2.45, 2.75) is 92.8 Å². The Kier molecular flexibility index (Phi) is 14.8. The lowest BCUT2D eigenvalue weighted by Gasteiger charge is -2.39. The number of esters is 3. The molecule has 1 aliphatic rings. The van der Waals surface area contributed by atoms with Crippen LogP contribution in [0.4, 0.5) is 0 Å². The fourth-order valence-electron chi connectivity index (χ4n) is 2.93. The molecule has 8 nitrogen and oxygen atoms in total. The van der Waals surface area contributed by atoms with Gasteiger partial charge in [-0.2, -0.15) is 0 Å². The summed E-state index contributed by atoms with van der Waals surface area (Å²) in [7, 11) is 0. The van der Waals surface area contributed by atoms with Crippen molar-refractivity contribution in [2.24, 2.45) is 0 Å². The average Bonchev–Trinajstić information content (AvgIpc) is 2.77. The molecule has 0 bridgehead atoms. The van der Waals surface area contributed by atoms with Crippen LogP contribution in [0.3, 0.4) is 0 Å². The van der Waals surface area contributed by atoms with Crippen LogP contribution in [-0.2, 0) is 39.8 Å². The molecule has 0 amide bonds. The summed E-state index contributed by atoms with van der Waals surface area (Å²) in [4.78, 5) is 34.2. The first-order chi connectivity index (χ1) is 15.3. The van der Waals surface area contributed by atoms with Crippen molar-refractivity contribution in [2.75, 3.05) is 6.61 Å². The molecule has 182 valence electrons. The van der Waals surface area contributed by atoms with E-state index in [-0.39, 0.29) is 13.0 Å². The van der Waals surface area contributed by atoms with Crippen LogP contribution in [0.2, 0.25) is 0 Å². The van der Waals surface area contributed by atoms with Gasteiger partial charge in [-0.1, -0.05) is 46.8 Å². The van der Waals surface area contributed by atoms with E-state index in [2.05, 4.69) is 6.92 Å². The van der Waals surface area contributed by atoms with Crippen molar-refractivity contribution in [3.05, 3.63) is 29.8 Å². The molecule has 1 aliphatic heterocycles. The van der Waals surface area contributed by atoms with Gasteiger partial charge in [0.25, 0.3) is 0 Å². The van der Waals surface area contributed by atoms with Crippen LogP contribution < -0.4 is 4.74 Å². The molecule has 0 aromatic heterocycles. The number of carbonyl (C=O) groups excluding carboxylic acids is 3. The van der Waals surface area contributed by atoms with Gasteiger partial charge in [0.2, 0.25) is 6.29 Å². The van der Waals surface area contributed by atoms with E-state index in [4.69, 9.17) is 23.7 Å². The Hall–Kier alpha value is -2.61. The van der Waals surface area contributed by atoms with Gasteiger partial charge < -0.3 is 23.7 Å². The first-order valence-corrected chi connectivity index (χ1v) is 11.2. The van der Waals surface area contributed by atoms with Crippen molar-refractivity contribution < 1.29 is 38.1 Å². The lowest BCUT2D eigenvalue weighted by atomic mass is 10.0. The molecule has 0 aliphatic carbocycles. The molecule has 0 spiro atoms. The predicted molar refractivity (Wildman–Crippen MR) is 120 cm³/mol. The molecule has 4 atom stereocenters. The monoisotopic (exact) mass is 454 g/mol. The summed E-state index contributed by atoms with van der Waals surface area (Å²) in [6.07, 6.45) is -2.26. The van der Waals surface area contributed by atoms with Crippen LogP contribution >= 0.6 is 0 Å². The molecular formula is C24H38O8. The van der Waals surface area contributed by atoms with Gasteiger partial charge in [-0.05, 0) is 24.1 Å². The number of carbonyl (C=O) groups is 3. The zero-order valence-corrected chi connectivity index (χ0v) is 20.5. The zero-order chi connectivity index (χ0) is 24.7. The molecule has 1 heterocycles. The summed E-state index contributed by atoms with van der Waals surface area (Å²) in [5.74, 6) is -1.01. The molecule has 1 fully saturated rings.